The summed E-state index contributed by atoms with van der Waals surface area (Å²) in [5.41, 5.74) is 6.52. The van der Waals surface area contributed by atoms with Crippen molar-refractivity contribution in [1.82, 2.24) is 29.3 Å². The standard InChI is InChI=1S/C33H34N6O2/c1-23-19-26(7-8-27(23)22-39-17-15-37(2)16-18-39)30(40)21-24-5-4-6-28(20-24)41-33-31-29(11-14-38(31)3)35-32(36-33)25-9-12-34-13-10-25/h4-14,19-20H,15-18,21-22H2,1-3H3. The molecule has 208 valence electrons. The van der Waals surface area contributed by atoms with Gasteiger partial charge < -0.3 is 14.2 Å². The molecule has 5 aromatic rings. The number of Topliss-reactive ketones (excluding diaryl/α,β-unsaturated/α-hetero) is 1. The predicted octanol–water partition coefficient (Wildman–Crippen LogP) is 5.30. The Labute approximate surface area is 240 Å². The molecule has 8 heteroatoms. The number of pyridine rings is 1. The van der Waals surface area contributed by atoms with Crippen LogP contribution < -0.4 is 4.74 Å². The van der Waals surface area contributed by atoms with Gasteiger partial charge in [-0.1, -0.05) is 24.3 Å². The minimum atomic E-state index is 0.0863. The first kappa shape index (κ1) is 26.8. The molecule has 0 atom stereocenters. The number of rotatable bonds is 8. The SMILES string of the molecule is Cc1cc(C(=O)Cc2cccc(Oc3nc(-c4ccncc4)nc4ccn(C)c34)c2)ccc1CN1CCN(C)CC1. The Balaban J connectivity index is 1.18. The van der Waals surface area contributed by atoms with Gasteiger partial charge in [0.2, 0.25) is 5.88 Å². The molecule has 0 unspecified atom stereocenters. The molecule has 1 saturated heterocycles. The molecule has 8 nitrogen and oxygen atoms in total. The highest BCUT2D eigenvalue weighted by molar-refractivity contribution is 5.97. The van der Waals surface area contributed by atoms with E-state index in [1.54, 1.807) is 12.4 Å². The summed E-state index contributed by atoms with van der Waals surface area (Å²) in [4.78, 5) is 31.7. The summed E-state index contributed by atoms with van der Waals surface area (Å²) in [7, 11) is 4.11. The van der Waals surface area contributed by atoms with Crippen molar-refractivity contribution in [3.05, 3.63) is 102 Å². The van der Waals surface area contributed by atoms with Crippen molar-refractivity contribution in [2.45, 2.75) is 19.9 Å². The first-order chi connectivity index (χ1) is 19.9. The van der Waals surface area contributed by atoms with Gasteiger partial charge in [-0.05, 0) is 67.1 Å². The van der Waals surface area contributed by atoms with Crippen LogP contribution in [0.4, 0.5) is 0 Å². The molecule has 2 aromatic carbocycles. The highest BCUT2D eigenvalue weighted by atomic mass is 16.5. The Bertz CT molecular complexity index is 1690. The van der Waals surface area contributed by atoms with Crippen LogP contribution in [0.5, 0.6) is 11.6 Å². The molecular formula is C33H34N6O2. The van der Waals surface area contributed by atoms with Gasteiger partial charge in [0, 0.05) is 75.9 Å². The third-order valence-electron chi connectivity index (χ3n) is 7.76. The van der Waals surface area contributed by atoms with E-state index in [0.29, 0.717) is 23.9 Å². The van der Waals surface area contributed by atoms with Crippen molar-refractivity contribution in [3.63, 3.8) is 0 Å². The second-order valence-electron chi connectivity index (χ2n) is 10.8. The molecule has 0 radical (unpaired) electrons. The second-order valence-corrected chi connectivity index (χ2v) is 10.8. The average molecular weight is 547 g/mol. The van der Waals surface area contributed by atoms with Gasteiger partial charge in [0.15, 0.2) is 11.6 Å². The van der Waals surface area contributed by atoms with Crippen LogP contribution in [0.25, 0.3) is 22.4 Å². The van der Waals surface area contributed by atoms with E-state index >= 15 is 0 Å². The van der Waals surface area contributed by atoms with E-state index in [0.717, 1.165) is 66.0 Å². The first-order valence-electron chi connectivity index (χ1n) is 14.0. The van der Waals surface area contributed by atoms with Crippen LogP contribution >= 0.6 is 0 Å². The van der Waals surface area contributed by atoms with Gasteiger partial charge in [0.25, 0.3) is 0 Å². The number of hydrogen-bond donors (Lipinski definition) is 0. The number of benzene rings is 2. The number of piperazine rings is 1. The zero-order valence-corrected chi connectivity index (χ0v) is 23.7. The molecule has 0 amide bonds. The fraction of sp³-hybridized carbons (Fsp3) is 0.273. The van der Waals surface area contributed by atoms with Gasteiger partial charge >= 0.3 is 0 Å². The van der Waals surface area contributed by atoms with Crippen molar-refractivity contribution in [2.24, 2.45) is 7.05 Å². The number of aromatic nitrogens is 4. The van der Waals surface area contributed by atoms with Gasteiger partial charge in [-0.3, -0.25) is 14.7 Å². The average Bonchev–Trinajstić information content (AvgIpc) is 3.36. The molecule has 0 aliphatic carbocycles. The van der Waals surface area contributed by atoms with E-state index in [4.69, 9.17) is 14.7 Å². The molecular weight excluding hydrogens is 512 g/mol. The van der Waals surface area contributed by atoms with Gasteiger partial charge in [0.1, 0.15) is 11.3 Å². The fourth-order valence-electron chi connectivity index (χ4n) is 5.27. The minimum absolute atomic E-state index is 0.0863. The molecule has 4 heterocycles. The van der Waals surface area contributed by atoms with Gasteiger partial charge in [-0.2, -0.15) is 4.98 Å². The zero-order valence-electron chi connectivity index (χ0n) is 23.7. The fourth-order valence-corrected chi connectivity index (χ4v) is 5.27. The third-order valence-corrected chi connectivity index (χ3v) is 7.76. The van der Waals surface area contributed by atoms with Crippen molar-refractivity contribution < 1.29 is 9.53 Å². The normalized spacial score (nSPS) is 14.4. The summed E-state index contributed by atoms with van der Waals surface area (Å²) in [6, 6.07) is 19.5. The summed E-state index contributed by atoms with van der Waals surface area (Å²) in [6.45, 7) is 7.36. The van der Waals surface area contributed by atoms with Gasteiger partial charge in [-0.25, -0.2) is 4.98 Å². The van der Waals surface area contributed by atoms with E-state index in [-0.39, 0.29) is 5.78 Å². The largest absolute Gasteiger partial charge is 0.437 e. The Morgan fingerprint density at radius 3 is 2.51 bits per heavy atom. The van der Waals surface area contributed by atoms with Crippen molar-refractivity contribution in [3.8, 4) is 23.0 Å². The Kier molecular flexibility index (Phi) is 7.59. The van der Waals surface area contributed by atoms with Crippen molar-refractivity contribution in [1.29, 1.82) is 0 Å². The molecule has 0 spiro atoms. The van der Waals surface area contributed by atoms with Crippen LogP contribution in [0.2, 0.25) is 0 Å². The van der Waals surface area contributed by atoms with E-state index in [9.17, 15) is 4.79 Å². The number of carbonyl (C=O) groups excluding carboxylic acids is 1. The zero-order chi connectivity index (χ0) is 28.3. The first-order valence-corrected chi connectivity index (χ1v) is 14.0. The Morgan fingerprint density at radius 2 is 1.73 bits per heavy atom. The monoisotopic (exact) mass is 546 g/mol. The smallest absolute Gasteiger partial charge is 0.247 e. The number of likely N-dealkylation sites (N-methyl/N-ethyl adjacent to an activating group) is 1. The summed E-state index contributed by atoms with van der Waals surface area (Å²) in [5.74, 6) is 1.74. The number of aryl methyl sites for hydroxylation is 2. The highest BCUT2D eigenvalue weighted by Crippen LogP contribution is 2.31. The molecule has 1 aliphatic heterocycles. The maximum Gasteiger partial charge on any atom is 0.247 e. The van der Waals surface area contributed by atoms with E-state index in [2.05, 4.69) is 34.8 Å². The van der Waals surface area contributed by atoms with Crippen molar-refractivity contribution in [2.75, 3.05) is 33.2 Å². The van der Waals surface area contributed by atoms with Crippen molar-refractivity contribution >= 4 is 16.8 Å². The molecule has 41 heavy (non-hydrogen) atoms. The molecule has 6 rings (SSSR count). The van der Waals surface area contributed by atoms with Gasteiger partial charge in [0.05, 0.1) is 5.52 Å². The van der Waals surface area contributed by atoms with E-state index in [1.165, 1.54) is 5.56 Å². The van der Waals surface area contributed by atoms with E-state index in [1.807, 2.05) is 72.4 Å². The number of carbonyl (C=O) groups is 1. The van der Waals surface area contributed by atoms with Gasteiger partial charge in [-0.15, -0.1) is 0 Å². The minimum Gasteiger partial charge on any atom is -0.437 e. The van der Waals surface area contributed by atoms with Crippen LogP contribution in [0, 0.1) is 6.92 Å². The van der Waals surface area contributed by atoms with Crippen LogP contribution in [0.1, 0.15) is 27.0 Å². The second kappa shape index (κ2) is 11.6. The van der Waals surface area contributed by atoms with E-state index < -0.39 is 0 Å². The van der Waals surface area contributed by atoms with Crippen LogP contribution in [0.3, 0.4) is 0 Å². The summed E-state index contributed by atoms with van der Waals surface area (Å²) >= 11 is 0. The van der Waals surface area contributed by atoms with Crippen LogP contribution in [-0.2, 0) is 20.0 Å². The number of fused-ring (bicyclic) bond motifs is 1. The Morgan fingerprint density at radius 1 is 0.927 bits per heavy atom. The summed E-state index contributed by atoms with van der Waals surface area (Å²) in [6.07, 6.45) is 5.67. The maximum absolute atomic E-state index is 13.3. The number of nitrogens with zero attached hydrogens (tertiary/aromatic N) is 6. The molecule has 1 aliphatic rings. The number of ether oxygens (including phenoxy) is 1. The lowest BCUT2D eigenvalue weighted by atomic mass is 9.98. The molecule has 1 fully saturated rings. The third kappa shape index (κ3) is 6.04. The summed E-state index contributed by atoms with van der Waals surface area (Å²) < 4.78 is 8.28. The highest BCUT2D eigenvalue weighted by Gasteiger charge is 2.17. The molecule has 0 saturated carbocycles. The lowest BCUT2D eigenvalue weighted by molar-refractivity contribution is 0.0993. The quantitative estimate of drug-likeness (QED) is 0.244. The number of ketones is 1. The topological polar surface area (TPSA) is 76.4 Å². The molecule has 0 N–H and O–H groups in total. The van der Waals surface area contributed by atoms with Crippen LogP contribution in [-0.4, -0.2) is 68.3 Å². The Hall–Kier alpha value is -4.40. The lowest BCUT2D eigenvalue weighted by Gasteiger charge is -2.32. The molecule has 3 aromatic heterocycles. The van der Waals surface area contributed by atoms with Crippen LogP contribution in [0.15, 0.2) is 79.3 Å². The maximum atomic E-state index is 13.3. The lowest BCUT2D eigenvalue weighted by Crippen LogP contribution is -2.43. The number of hydrogen-bond acceptors (Lipinski definition) is 7. The molecule has 0 bridgehead atoms. The predicted molar refractivity (Wildman–Crippen MR) is 160 cm³/mol. The summed E-state index contributed by atoms with van der Waals surface area (Å²) in [5, 5.41) is 0.